The van der Waals surface area contributed by atoms with E-state index in [9.17, 15) is 28.8 Å². The molecular formula is C34H54O15. The van der Waals surface area contributed by atoms with Crippen LogP contribution in [0.4, 0.5) is 0 Å². The molecule has 15 heteroatoms. The summed E-state index contributed by atoms with van der Waals surface area (Å²) in [5.74, 6) is -3.70. The highest BCUT2D eigenvalue weighted by molar-refractivity contribution is 5.72. The van der Waals surface area contributed by atoms with E-state index in [1.165, 1.54) is 0 Å². The van der Waals surface area contributed by atoms with Gasteiger partial charge in [0.15, 0.2) is 36.6 Å². The Hall–Kier alpha value is -3.30. The first kappa shape index (κ1) is 41.9. The molecule has 0 spiro atoms. The van der Waals surface area contributed by atoms with E-state index >= 15 is 0 Å². The third-order valence-electron chi connectivity index (χ3n) is 7.40. The lowest BCUT2D eigenvalue weighted by atomic mass is 10.0. The Labute approximate surface area is 288 Å². The van der Waals surface area contributed by atoms with Crippen LogP contribution < -0.4 is 0 Å². The van der Waals surface area contributed by atoms with Crippen LogP contribution in [-0.4, -0.2) is 98.2 Å². The quantitative estimate of drug-likeness (QED) is 0.131. The van der Waals surface area contributed by atoms with Crippen LogP contribution in [0.15, 0.2) is 0 Å². The molecule has 0 aromatic heterocycles. The molecule has 8 atom stereocenters. The number of rotatable bonds is 20. The summed E-state index contributed by atoms with van der Waals surface area (Å²) in [6.45, 7) is 10.1. The van der Waals surface area contributed by atoms with Crippen molar-refractivity contribution in [1.29, 1.82) is 0 Å². The molecule has 2 heterocycles. The van der Waals surface area contributed by atoms with Gasteiger partial charge in [-0.05, 0) is 38.5 Å². The van der Waals surface area contributed by atoms with Crippen molar-refractivity contribution in [3.8, 4) is 0 Å². The number of carbonyl (C=O) groups excluding carboxylic acids is 6. The molecule has 0 bridgehead atoms. The van der Waals surface area contributed by atoms with Crippen molar-refractivity contribution in [3.63, 3.8) is 0 Å². The number of carbonyl (C=O) groups is 6. The molecule has 2 aliphatic heterocycles. The van der Waals surface area contributed by atoms with Gasteiger partial charge in [0.25, 0.3) is 0 Å². The predicted molar refractivity (Wildman–Crippen MR) is 169 cm³/mol. The van der Waals surface area contributed by atoms with E-state index in [0.29, 0.717) is 38.5 Å². The third-order valence-corrected chi connectivity index (χ3v) is 7.40. The van der Waals surface area contributed by atoms with E-state index in [0.717, 1.165) is 0 Å². The zero-order valence-electron chi connectivity index (χ0n) is 29.6. The molecule has 2 saturated heterocycles. The Morgan fingerprint density at radius 3 is 0.918 bits per heavy atom. The van der Waals surface area contributed by atoms with Crippen molar-refractivity contribution in [2.75, 3.05) is 13.2 Å². The van der Waals surface area contributed by atoms with Gasteiger partial charge in [-0.25, -0.2) is 0 Å². The van der Waals surface area contributed by atoms with Crippen LogP contribution in [0.2, 0.25) is 0 Å². The van der Waals surface area contributed by atoms with Crippen molar-refractivity contribution < 1.29 is 71.4 Å². The maximum atomic E-state index is 12.9. The van der Waals surface area contributed by atoms with Gasteiger partial charge in [0, 0.05) is 38.5 Å². The maximum absolute atomic E-state index is 12.9. The van der Waals surface area contributed by atoms with Gasteiger partial charge in [0.1, 0.15) is 0 Å². The van der Waals surface area contributed by atoms with Crippen LogP contribution in [0.3, 0.4) is 0 Å². The maximum Gasteiger partial charge on any atom is 0.306 e. The molecular weight excluding hydrogens is 648 g/mol. The van der Waals surface area contributed by atoms with Gasteiger partial charge in [0.2, 0.25) is 12.6 Å². The van der Waals surface area contributed by atoms with Gasteiger partial charge in [0.05, 0.1) is 13.2 Å². The first-order chi connectivity index (χ1) is 23.5. The molecule has 280 valence electrons. The highest BCUT2D eigenvalue weighted by Gasteiger charge is 2.53. The predicted octanol–water partition coefficient (Wildman–Crippen LogP) is 3.99. The summed E-state index contributed by atoms with van der Waals surface area (Å²) in [4.78, 5) is 76.3. The summed E-state index contributed by atoms with van der Waals surface area (Å²) in [7, 11) is 0. The fourth-order valence-corrected chi connectivity index (χ4v) is 5.11. The van der Waals surface area contributed by atoms with Crippen LogP contribution >= 0.6 is 0 Å². The Kier molecular flexibility index (Phi) is 19.2. The summed E-state index contributed by atoms with van der Waals surface area (Å²) in [5.41, 5.74) is 0. The molecule has 0 aliphatic carbocycles. The number of ether oxygens (including phenoxy) is 9. The van der Waals surface area contributed by atoms with Gasteiger partial charge in [-0.2, -0.15) is 0 Å². The molecule has 2 aliphatic rings. The highest BCUT2D eigenvalue weighted by atomic mass is 16.8. The number of esters is 6. The fourth-order valence-electron chi connectivity index (χ4n) is 5.11. The van der Waals surface area contributed by atoms with E-state index in [1.54, 1.807) is 41.5 Å². The topological polar surface area (TPSA) is 185 Å². The first-order valence-electron chi connectivity index (χ1n) is 17.6. The molecule has 49 heavy (non-hydrogen) atoms. The Bertz CT molecular complexity index is 996. The Morgan fingerprint density at radius 1 is 0.408 bits per heavy atom. The van der Waals surface area contributed by atoms with Crippen LogP contribution in [0.5, 0.6) is 0 Å². The Balaban J connectivity index is 2.53. The van der Waals surface area contributed by atoms with Crippen LogP contribution in [-0.2, 0) is 71.4 Å². The van der Waals surface area contributed by atoms with Gasteiger partial charge in [-0.15, -0.1) is 0 Å². The highest BCUT2D eigenvalue weighted by Crippen LogP contribution is 2.32. The summed E-state index contributed by atoms with van der Waals surface area (Å²) in [6.07, 6.45) is -7.74. The van der Waals surface area contributed by atoms with Crippen LogP contribution in [0.25, 0.3) is 0 Å². The van der Waals surface area contributed by atoms with Crippen LogP contribution in [0, 0.1) is 0 Å². The molecule has 0 amide bonds. The summed E-state index contributed by atoms with van der Waals surface area (Å²) < 4.78 is 52.2. The molecule has 2 fully saturated rings. The zero-order chi connectivity index (χ0) is 36.3. The minimum absolute atomic E-state index is 0.0105. The van der Waals surface area contributed by atoms with Crippen molar-refractivity contribution in [1.82, 2.24) is 0 Å². The van der Waals surface area contributed by atoms with E-state index < -0.39 is 85.0 Å². The second kappa shape index (κ2) is 22.4. The minimum Gasteiger partial charge on any atom is -0.456 e. The summed E-state index contributed by atoms with van der Waals surface area (Å²) in [6, 6.07) is 0. The lowest BCUT2D eigenvalue weighted by Gasteiger charge is -2.44. The molecule has 4 unspecified atom stereocenters. The van der Waals surface area contributed by atoms with Gasteiger partial charge >= 0.3 is 35.8 Å². The Morgan fingerprint density at radius 2 is 0.653 bits per heavy atom. The van der Waals surface area contributed by atoms with Gasteiger partial charge < -0.3 is 42.6 Å². The standard InChI is InChI=1S/C34H54O15/c1-7-13-23(35)43-21-19-41-33(31(47-27(39)17-11-5)29(21)45-25(37)15-9-3)49-34-32(48-28(40)18-12-6)30(46-26(38)16-10-4)22(20-42-34)44-24(36)14-8-2/h21-22,29-34H,7-20H2,1-6H3/t21-,22?,29+,30?,31-,32?,33-,34?/m1/s1. The van der Waals surface area contributed by atoms with E-state index in [-0.39, 0.29) is 51.7 Å². The molecule has 0 aromatic rings. The first-order valence-corrected chi connectivity index (χ1v) is 17.6. The van der Waals surface area contributed by atoms with Crippen LogP contribution in [0.1, 0.15) is 119 Å². The van der Waals surface area contributed by atoms with Crippen molar-refractivity contribution in [2.45, 2.75) is 168 Å². The molecule has 0 aromatic carbocycles. The lowest BCUT2D eigenvalue weighted by Crippen LogP contribution is -2.62. The van der Waals surface area contributed by atoms with E-state index in [4.69, 9.17) is 42.6 Å². The monoisotopic (exact) mass is 702 g/mol. The lowest BCUT2D eigenvalue weighted by molar-refractivity contribution is -0.353. The smallest absolute Gasteiger partial charge is 0.306 e. The molecule has 0 saturated carbocycles. The zero-order valence-corrected chi connectivity index (χ0v) is 29.6. The molecule has 15 nitrogen and oxygen atoms in total. The number of hydrogen-bond acceptors (Lipinski definition) is 15. The summed E-state index contributed by atoms with van der Waals surface area (Å²) >= 11 is 0. The summed E-state index contributed by atoms with van der Waals surface area (Å²) in [5, 5.41) is 0. The average molecular weight is 703 g/mol. The molecule has 0 radical (unpaired) electrons. The van der Waals surface area contributed by atoms with Crippen molar-refractivity contribution in [2.24, 2.45) is 0 Å². The fraction of sp³-hybridized carbons (Fsp3) is 0.824. The normalized spacial score (nSPS) is 26.6. The average Bonchev–Trinajstić information content (AvgIpc) is 3.03. The molecule has 2 rings (SSSR count). The second-order valence-corrected chi connectivity index (χ2v) is 11.9. The number of hydrogen-bond donors (Lipinski definition) is 0. The van der Waals surface area contributed by atoms with Crippen molar-refractivity contribution in [3.05, 3.63) is 0 Å². The largest absolute Gasteiger partial charge is 0.456 e. The van der Waals surface area contributed by atoms with Gasteiger partial charge in [-0.1, -0.05) is 41.5 Å². The minimum atomic E-state index is -1.50. The van der Waals surface area contributed by atoms with E-state index in [1.807, 2.05) is 0 Å². The van der Waals surface area contributed by atoms with Crippen molar-refractivity contribution >= 4 is 35.8 Å². The molecule has 0 N–H and O–H groups in total. The van der Waals surface area contributed by atoms with Gasteiger partial charge in [-0.3, -0.25) is 28.8 Å². The SMILES string of the molecule is CCCC(=O)OC1COC(O[C@H]2OC[C@@H](OC(=O)CCC)[C@H](OC(=O)CCC)[C@H]2OC(=O)CCC)C(OC(=O)CCC)C1OC(=O)CCC. The second-order valence-electron chi connectivity index (χ2n) is 11.9. The third kappa shape index (κ3) is 13.9. The van der Waals surface area contributed by atoms with E-state index in [2.05, 4.69) is 0 Å².